The summed E-state index contributed by atoms with van der Waals surface area (Å²) in [5.41, 5.74) is 0.335. The second kappa shape index (κ2) is 11.8. The molecule has 0 saturated heterocycles. The summed E-state index contributed by atoms with van der Waals surface area (Å²) in [7, 11) is 0. The van der Waals surface area contributed by atoms with Crippen molar-refractivity contribution in [2.75, 3.05) is 13.2 Å². The number of carbonyl (C=O) groups is 3. The summed E-state index contributed by atoms with van der Waals surface area (Å²) in [6.45, 7) is 2.72. The zero-order chi connectivity index (χ0) is 24.6. The molecule has 0 radical (unpaired) electrons. The Bertz CT molecular complexity index is 997. The summed E-state index contributed by atoms with van der Waals surface area (Å²) in [4.78, 5) is 35.8. The number of esters is 1. The number of aliphatic hydroxyl groups excluding tert-OH is 1. The number of carboxylic acid groups (broad SMARTS) is 1. The lowest BCUT2D eigenvalue weighted by molar-refractivity contribution is -0.155. The van der Waals surface area contributed by atoms with E-state index in [-0.39, 0.29) is 32.5 Å². The standard InChI is InChI=1S/C24H27ClFNO6/c1-3-33-22(30)21(29)27-18(14-24(2,10-11-28)23(31)32)12-15-4-6-16(7-5-15)19-13-17(25)8-9-20(19)26/h4-9,13,18,28H,3,10-12,14H2,1-2H3,(H,27,29)(H,31,32)/t18-,24-/m1/s1. The first-order valence-electron chi connectivity index (χ1n) is 10.5. The average Bonchev–Trinajstić information content (AvgIpc) is 2.76. The van der Waals surface area contributed by atoms with Crippen LogP contribution in [0, 0.1) is 11.2 Å². The summed E-state index contributed by atoms with van der Waals surface area (Å²) < 4.78 is 18.9. The van der Waals surface area contributed by atoms with Crippen molar-refractivity contribution in [1.29, 1.82) is 0 Å². The van der Waals surface area contributed by atoms with Gasteiger partial charge in [-0.2, -0.15) is 0 Å². The molecule has 3 N–H and O–H groups in total. The van der Waals surface area contributed by atoms with E-state index in [9.17, 15) is 29.0 Å². The molecule has 0 saturated carbocycles. The number of carboxylic acids is 1. The Labute approximate surface area is 196 Å². The molecule has 0 aromatic heterocycles. The quantitative estimate of drug-likeness (QED) is 0.354. The van der Waals surface area contributed by atoms with Gasteiger partial charge in [0.2, 0.25) is 0 Å². The van der Waals surface area contributed by atoms with Gasteiger partial charge in [-0.15, -0.1) is 0 Å². The minimum absolute atomic E-state index is 0.0236. The van der Waals surface area contributed by atoms with Crippen LogP contribution >= 0.6 is 11.6 Å². The lowest BCUT2D eigenvalue weighted by Gasteiger charge is -2.29. The first-order chi connectivity index (χ1) is 15.6. The van der Waals surface area contributed by atoms with Gasteiger partial charge in [-0.05, 0) is 62.4 Å². The van der Waals surface area contributed by atoms with Gasteiger partial charge in [0.25, 0.3) is 0 Å². The molecular weight excluding hydrogens is 453 g/mol. The van der Waals surface area contributed by atoms with Crippen molar-refractivity contribution in [3.63, 3.8) is 0 Å². The second-order valence-corrected chi connectivity index (χ2v) is 8.40. The maximum atomic E-state index is 14.2. The number of aliphatic hydroxyl groups is 1. The lowest BCUT2D eigenvalue weighted by Crippen LogP contribution is -2.45. The zero-order valence-electron chi connectivity index (χ0n) is 18.4. The molecule has 0 spiro atoms. The minimum atomic E-state index is -1.33. The van der Waals surface area contributed by atoms with E-state index in [0.29, 0.717) is 16.1 Å². The Balaban J connectivity index is 2.27. The van der Waals surface area contributed by atoms with E-state index in [1.165, 1.54) is 25.1 Å². The molecule has 2 aromatic rings. The van der Waals surface area contributed by atoms with Crippen molar-refractivity contribution in [2.24, 2.45) is 5.41 Å². The third kappa shape index (κ3) is 7.27. The molecule has 1 amide bonds. The monoisotopic (exact) mass is 479 g/mol. The van der Waals surface area contributed by atoms with E-state index in [1.54, 1.807) is 31.2 Å². The summed E-state index contributed by atoms with van der Waals surface area (Å²) in [5, 5.41) is 21.9. The van der Waals surface area contributed by atoms with E-state index >= 15 is 0 Å². The van der Waals surface area contributed by atoms with Crippen molar-refractivity contribution < 1.29 is 33.7 Å². The van der Waals surface area contributed by atoms with Crippen molar-refractivity contribution in [3.8, 4) is 11.1 Å². The van der Waals surface area contributed by atoms with Crippen LogP contribution in [0.3, 0.4) is 0 Å². The van der Waals surface area contributed by atoms with Crippen LogP contribution in [-0.4, -0.2) is 47.3 Å². The molecule has 0 aliphatic heterocycles. The largest absolute Gasteiger partial charge is 0.481 e. The molecule has 2 aromatic carbocycles. The van der Waals surface area contributed by atoms with Gasteiger partial charge in [0.15, 0.2) is 0 Å². The highest BCUT2D eigenvalue weighted by atomic mass is 35.5. The molecule has 33 heavy (non-hydrogen) atoms. The number of halogens is 2. The van der Waals surface area contributed by atoms with Gasteiger partial charge in [-0.25, -0.2) is 9.18 Å². The van der Waals surface area contributed by atoms with Crippen molar-refractivity contribution in [1.82, 2.24) is 5.32 Å². The number of hydrogen-bond donors (Lipinski definition) is 3. The highest BCUT2D eigenvalue weighted by Gasteiger charge is 2.36. The van der Waals surface area contributed by atoms with Crippen LogP contribution < -0.4 is 5.32 Å². The Morgan fingerprint density at radius 2 is 1.85 bits per heavy atom. The third-order valence-corrected chi connectivity index (χ3v) is 5.58. The van der Waals surface area contributed by atoms with Gasteiger partial charge in [0.1, 0.15) is 5.82 Å². The summed E-state index contributed by atoms with van der Waals surface area (Å²) >= 11 is 5.97. The first kappa shape index (κ1) is 26.3. The summed E-state index contributed by atoms with van der Waals surface area (Å²) in [6.07, 6.45) is 0.150. The van der Waals surface area contributed by atoms with E-state index in [1.807, 2.05) is 0 Å². The minimum Gasteiger partial charge on any atom is -0.481 e. The number of carbonyl (C=O) groups excluding carboxylic acids is 2. The van der Waals surface area contributed by atoms with Crippen molar-refractivity contribution in [3.05, 3.63) is 58.9 Å². The fourth-order valence-corrected chi connectivity index (χ4v) is 3.70. The maximum Gasteiger partial charge on any atom is 0.396 e. The molecule has 7 nitrogen and oxygen atoms in total. The molecule has 0 unspecified atom stereocenters. The van der Waals surface area contributed by atoms with Crippen molar-refractivity contribution >= 4 is 29.4 Å². The number of rotatable bonds is 10. The molecule has 0 heterocycles. The highest BCUT2D eigenvalue weighted by Crippen LogP contribution is 2.30. The van der Waals surface area contributed by atoms with Crippen molar-refractivity contribution in [2.45, 2.75) is 39.2 Å². The number of amides is 1. The Kier molecular flexibility index (Phi) is 9.37. The van der Waals surface area contributed by atoms with Gasteiger partial charge in [-0.3, -0.25) is 9.59 Å². The van der Waals surface area contributed by atoms with Crippen LogP contribution in [0.5, 0.6) is 0 Å². The van der Waals surface area contributed by atoms with E-state index in [2.05, 4.69) is 5.32 Å². The predicted octanol–water partition coefficient (Wildman–Crippen LogP) is 3.60. The fourth-order valence-electron chi connectivity index (χ4n) is 3.53. The predicted molar refractivity (Wildman–Crippen MR) is 121 cm³/mol. The SMILES string of the molecule is CCOC(=O)C(=O)N[C@H](Cc1ccc(-c2cc(Cl)ccc2F)cc1)C[C@@](C)(CCO)C(=O)O. The van der Waals surface area contributed by atoms with Crippen LogP contribution in [0.4, 0.5) is 4.39 Å². The van der Waals surface area contributed by atoms with Gasteiger partial charge in [-0.1, -0.05) is 35.9 Å². The normalized spacial score (nSPS) is 13.6. The lowest BCUT2D eigenvalue weighted by atomic mass is 9.79. The van der Waals surface area contributed by atoms with E-state index in [4.69, 9.17) is 16.3 Å². The van der Waals surface area contributed by atoms with Gasteiger partial charge >= 0.3 is 17.8 Å². The zero-order valence-corrected chi connectivity index (χ0v) is 19.2. The molecule has 0 aliphatic rings. The topological polar surface area (TPSA) is 113 Å². The van der Waals surface area contributed by atoms with Crippen LogP contribution in [0.15, 0.2) is 42.5 Å². The number of ether oxygens (including phenoxy) is 1. The molecule has 2 rings (SSSR count). The Morgan fingerprint density at radius 1 is 1.18 bits per heavy atom. The smallest absolute Gasteiger partial charge is 0.396 e. The van der Waals surface area contributed by atoms with Gasteiger partial charge < -0.3 is 20.3 Å². The first-order valence-corrected chi connectivity index (χ1v) is 10.8. The molecule has 9 heteroatoms. The van der Waals surface area contributed by atoms with Gasteiger partial charge in [0.05, 0.1) is 12.0 Å². The molecule has 0 aliphatic carbocycles. The Hall–Kier alpha value is -2.97. The number of hydrogen-bond acceptors (Lipinski definition) is 5. The maximum absolute atomic E-state index is 14.2. The van der Waals surface area contributed by atoms with Crippen LogP contribution in [0.1, 0.15) is 32.3 Å². The highest BCUT2D eigenvalue weighted by molar-refractivity contribution is 6.32. The number of benzene rings is 2. The fraction of sp³-hybridized carbons (Fsp3) is 0.375. The second-order valence-electron chi connectivity index (χ2n) is 7.96. The molecule has 178 valence electrons. The van der Waals surface area contributed by atoms with Gasteiger partial charge in [0, 0.05) is 23.2 Å². The van der Waals surface area contributed by atoms with Crippen LogP contribution in [-0.2, 0) is 25.5 Å². The average molecular weight is 480 g/mol. The molecule has 2 atom stereocenters. The Morgan fingerprint density at radius 3 is 2.42 bits per heavy atom. The summed E-state index contributed by atoms with van der Waals surface area (Å²) in [6, 6.07) is 10.4. The summed E-state index contributed by atoms with van der Waals surface area (Å²) in [5.74, 6) is -3.59. The van der Waals surface area contributed by atoms with E-state index in [0.717, 1.165) is 5.56 Å². The van der Waals surface area contributed by atoms with Crippen LogP contribution in [0.25, 0.3) is 11.1 Å². The van der Waals surface area contributed by atoms with Crippen LogP contribution in [0.2, 0.25) is 5.02 Å². The van der Waals surface area contributed by atoms with E-state index < -0.39 is 35.1 Å². The third-order valence-electron chi connectivity index (χ3n) is 5.35. The number of nitrogens with one attached hydrogen (secondary N) is 1. The molecule has 0 bridgehead atoms. The number of aliphatic carboxylic acids is 1. The molecule has 0 fully saturated rings. The molecular formula is C24H27ClFNO6.